The number of fused-ring (bicyclic) bond motifs is 1. The third-order valence-electron chi connectivity index (χ3n) is 6.28. The zero-order chi connectivity index (χ0) is 24.0. The van der Waals surface area contributed by atoms with Gasteiger partial charge in [-0.2, -0.15) is 5.10 Å². The van der Waals surface area contributed by atoms with Crippen LogP contribution in [0.4, 0.5) is 15.9 Å². The van der Waals surface area contributed by atoms with Crippen LogP contribution in [0, 0.1) is 11.2 Å². The van der Waals surface area contributed by atoms with Crippen LogP contribution in [0.3, 0.4) is 0 Å². The van der Waals surface area contributed by atoms with Gasteiger partial charge in [-0.3, -0.25) is 9.59 Å². The quantitative estimate of drug-likeness (QED) is 0.576. The number of ketones is 1. The number of nitrogens with zero attached hydrogens (tertiary/aromatic N) is 2. The van der Waals surface area contributed by atoms with Gasteiger partial charge in [0.25, 0.3) is 5.91 Å². The number of hydrogen-bond acceptors (Lipinski definition) is 5. The highest BCUT2D eigenvalue weighted by Gasteiger charge is 2.42. The zero-order valence-electron chi connectivity index (χ0n) is 19.2. The average molecular weight is 461 g/mol. The van der Waals surface area contributed by atoms with E-state index in [0.29, 0.717) is 41.2 Å². The van der Waals surface area contributed by atoms with E-state index in [4.69, 9.17) is 4.74 Å². The minimum Gasteiger partial charge on any atom is -0.497 e. The van der Waals surface area contributed by atoms with Gasteiger partial charge in [-0.25, -0.2) is 9.07 Å². The third kappa shape index (κ3) is 3.85. The standard InChI is InChI=1S/C26H25FN4O3/c1-26(2)12-20-22(21(32)13-26)23(15-4-10-18(34-3)11-5-15)31-24(30-20)19(14-28-31)25(33)29-17-8-6-16(27)7-9-17/h4-11,14,23,30H,12-13H2,1-3H3,(H,29,33)/t23-/m1/s1. The van der Waals surface area contributed by atoms with Gasteiger partial charge in [-0.1, -0.05) is 26.0 Å². The van der Waals surface area contributed by atoms with Crippen LogP contribution in [-0.2, 0) is 4.79 Å². The first kappa shape index (κ1) is 21.9. The molecule has 0 radical (unpaired) electrons. The van der Waals surface area contributed by atoms with Crippen molar-refractivity contribution < 1.29 is 18.7 Å². The monoisotopic (exact) mass is 460 g/mol. The first-order valence-corrected chi connectivity index (χ1v) is 11.1. The number of allylic oxidation sites excluding steroid dienone is 2. The summed E-state index contributed by atoms with van der Waals surface area (Å²) in [5, 5.41) is 10.6. The van der Waals surface area contributed by atoms with Gasteiger partial charge in [0.2, 0.25) is 0 Å². The maximum absolute atomic E-state index is 13.3. The molecule has 0 fully saturated rings. The van der Waals surface area contributed by atoms with E-state index in [1.54, 1.807) is 11.8 Å². The molecule has 5 rings (SSSR count). The van der Waals surface area contributed by atoms with Gasteiger partial charge in [0, 0.05) is 23.4 Å². The number of hydrogen-bond donors (Lipinski definition) is 2. The molecule has 1 amide bonds. The molecular formula is C26H25FN4O3. The van der Waals surface area contributed by atoms with Crippen LogP contribution in [0.15, 0.2) is 66.0 Å². The van der Waals surface area contributed by atoms with Crippen molar-refractivity contribution in [3.63, 3.8) is 0 Å². The molecule has 174 valence electrons. The first-order chi connectivity index (χ1) is 16.3. The molecule has 0 unspecified atom stereocenters. The maximum atomic E-state index is 13.3. The van der Waals surface area contributed by atoms with Crippen LogP contribution >= 0.6 is 0 Å². The number of benzene rings is 2. The normalized spacial score (nSPS) is 18.6. The fourth-order valence-electron chi connectivity index (χ4n) is 4.70. The molecule has 2 aliphatic rings. The lowest BCUT2D eigenvalue weighted by molar-refractivity contribution is -0.118. The van der Waals surface area contributed by atoms with E-state index in [1.807, 2.05) is 24.3 Å². The predicted octanol–water partition coefficient (Wildman–Crippen LogP) is 4.94. The van der Waals surface area contributed by atoms with Gasteiger partial charge in [0.1, 0.15) is 29.0 Å². The van der Waals surface area contributed by atoms with Crippen LogP contribution < -0.4 is 15.4 Å². The average Bonchev–Trinajstić information content (AvgIpc) is 3.22. The Morgan fingerprint density at radius 2 is 1.85 bits per heavy atom. The summed E-state index contributed by atoms with van der Waals surface area (Å²) < 4.78 is 20.2. The summed E-state index contributed by atoms with van der Waals surface area (Å²) in [5.41, 5.74) is 2.97. The number of nitrogens with one attached hydrogen (secondary N) is 2. The molecule has 1 aliphatic carbocycles. The molecule has 0 saturated heterocycles. The minimum atomic E-state index is -0.465. The van der Waals surface area contributed by atoms with Gasteiger partial charge < -0.3 is 15.4 Å². The summed E-state index contributed by atoms with van der Waals surface area (Å²) >= 11 is 0. The number of carbonyl (C=O) groups excluding carboxylic acids is 2. The lowest BCUT2D eigenvalue weighted by Crippen LogP contribution is -2.37. The van der Waals surface area contributed by atoms with E-state index in [1.165, 1.54) is 30.5 Å². The number of ether oxygens (including phenoxy) is 1. The van der Waals surface area contributed by atoms with Crippen LogP contribution in [-0.4, -0.2) is 28.6 Å². The van der Waals surface area contributed by atoms with E-state index in [9.17, 15) is 14.0 Å². The molecule has 1 atom stereocenters. The molecule has 2 N–H and O–H groups in total. The second-order valence-electron chi connectivity index (χ2n) is 9.45. The molecule has 0 spiro atoms. The number of carbonyl (C=O) groups is 2. The second-order valence-corrected chi connectivity index (χ2v) is 9.45. The molecule has 1 aromatic heterocycles. The first-order valence-electron chi connectivity index (χ1n) is 11.1. The van der Waals surface area contributed by atoms with Crippen molar-refractivity contribution in [1.82, 2.24) is 9.78 Å². The molecule has 0 saturated carbocycles. The van der Waals surface area contributed by atoms with Gasteiger partial charge >= 0.3 is 0 Å². The summed E-state index contributed by atoms with van der Waals surface area (Å²) in [6, 6.07) is 12.6. The second kappa shape index (κ2) is 8.13. The van der Waals surface area contributed by atoms with Gasteiger partial charge in [-0.15, -0.1) is 0 Å². The Kier molecular flexibility index (Phi) is 5.23. The fraction of sp³-hybridized carbons (Fsp3) is 0.269. The van der Waals surface area contributed by atoms with Crippen molar-refractivity contribution in [2.45, 2.75) is 32.7 Å². The van der Waals surface area contributed by atoms with Crippen molar-refractivity contribution in [3.8, 4) is 5.75 Å². The van der Waals surface area contributed by atoms with Gasteiger partial charge in [0.15, 0.2) is 5.78 Å². The van der Waals surface area contributed by atoms with Crippen molar-refractivity contribution in [2.75, 3.05) is 17.7 Å². The number of methoxy groups -OCH3 is 1. The zero-order valence-corrected chi connectivity index (χ0v) is 19.2. The summed E-state index contributed by atoms with van der Waals surface area (Å²) in [7, 11) is 1.60. The number of halogens is 1. The SMILES string of the molecule is COc1ccc([C@@H]2C3=C(CC(C)(C)CC3=O)Nc3c(C(=O)Nc4ccc(F)cc4)cnn32)cc1. The van der Waals surface area contributed by atoms with E-state index in [-0.39, 0.29) is 22.9 Å². The fourth-order valence-corrected chi connectivity index (χ4v) is 4.70. The Balaban J connectivity index is 1.58. The Hall–Kier alpha value is -3.94. The maximum Gasteiger partial charge on any atom is 0.261 e. The van der Waals surface area contributed by atoms with Crippen molar-refractivity contribution in [1.29, 1.82) is 0 Å². The highest BCUT2D eigenvalue weighted by Crippen LogP contribution is 2.46. The van der Waals surface area contributed by atoms with E-state index in [2.05, 4.69) is 29.6 Å². The van der Waals surface area contributed by atoms with Gasteiger partial charge in [-0.05, 0) is 53.8 Å². The number of aromatic nitrogens is 2. The minimum absolute atomic E-state index is 0.0676. The summed E-state index contributed by atoms with van der Waals surface area (Å²) in [6.07, 6.45) is 2.60. The van der Waals surface area contributed by atoms with Crippen molar-refractivity contribution >= 4 is 23.2 Å². The van der Waals surface area contributed by atoms with Gasteiger partial charge in [0.05, 0.1) is 13.3 Å². The molecule has 34 heavy (non-hydrogen) atoms. The van der Waals surface area contributed by atoms with Crippen LogP contribution in [0.2, 0.25) is 0 Å². The third-order valence-corrected chi connectivity index (χ3v) is 6.28. The molecule has 0 bridgehead atoms. The van der Waals surface area contributed by atoms with Crippen LogP contribution in [0.1, 0.15) is 48.7 Å². The Bertz CT molecular complexity index is 1310. The molecule has 2 heterocycles. The Labute approximate surface area is 196 Å². The highest BCUT2D eigenvalue weighted by molar-refractivity contribution is 6.08. The van der Waals surface area contributed by atoms with E-state index in [0.717, 1.165) is 11.3 Å². The Morgan fingerprint density at radius 3 is 2.53 bits per heavy atom. The molecule has 1 aliphatic heterocycles. The lowest BCUT2D eigenvalue weighted by atomic mass is 9.73. The van der Waals surface area contributed by atoms with E-state index >= 15 is 0 Å². The van der Waals surface area contributed by atoms with E-state index < -0.39 is 6.04 Å². The summed E-state index contributed by atoms with van der Waals surface area (Å²) in [5.74, 6) is 0.541. The number of anilines is 2. The topological polar surface area (TPSA) is 85.2 Å². The number of amides is 1. The molecule has 3 aromatic rings. The summed E-state index contributed by atoms with van der Waals surface area (Å²) in [4.78, 5) is 26.4. The van der Waals surface area contributed by atoms with Crippen molar-refractivity contribution in [2.24, 2.45) is 5.41 Å². The largest absolute Gasteiger partial charge is 0.497 e. The predicted molar refractivity (Wildman–Crippen MR) is 126 cm³/mol. The van der Waals surface area contributed by atoms with Crippen LogP contribution in [0.5, 0.6) is 5.75 Å². The van der Waals surface area contributed by atoms with Crippen molar-refractivity contribution in [3.05, 3.63) is 82.9 Å². The molecule has 7 nitrogen and oxygen atoms in total. The summed E-state index contributed by atoms with van der Waals surface area (Å²) in [6.45, 7) is 4.12. The van der Waals surface area contributed by atoms with Crippen LogP contribution in [0.25, 0.3) is 0 Å². The molecule has 8 heteroatoms. The highest BCUT2D eigenvalue weighted by atomic mass is 19.1. The number of rotatable bonds is 4. The number of Topliss-reactive ketones (excluding diaryl/α,β-unsaturated/α-hetero) is 1. The molecule has 2 aromatic carbocycles. The lowest BCUT2D eigenvalue weighted by Gasteiger charge is -2.39. The molecular weight excluding hydrogens is 435 g/mol. The Morgan fingerprint density at radius 1 is 1.15 bits per heavy atom. The smallest absolute Gasteiger partial charge is 0.261 e.